The summed E-state index contributed by atoms with van der Waals surface area (Å²) in [5.41, 5.74) is 0.653. The number of methoxy groups -OCH3 is 1. The number of hydrogen-bond acceptors (Lipinski definition) is 5. The molecule has 1 heterocycles. The van der Waals surface area contributed by atoms with Gasteiger partial charge in [0.15, 0.2) is 0 Å². The van der Waals surface area contributed by atoms with Crippen LogP contribution in [0.25, 0.3) is 0 Å². The van der Waals surface area contributed by atoms with Crippen LogP contribution in [0.1, 0.15) is 12.1 Å². The largest absolute Gasteiger partial charge is 0.469 e. The van der Waals surface area contributed by atoms with E-state index in [4.69, 9.17) is 0 Å². The predicted molar refractivity (Wildman–Crippen MR) is 63.6 cm³/mol. The van der Waals surface area contributed by atoms with Gasteiger partial charge in [-0.1, -0.05) is 0 Å². The molecule has 0 aliphatic heterocycles. The van der Waals surface area contributed by atoms with Gasteiger partial charge in [0, 0.05) is 25.5 Å². The second-order valence-corrected chi connectivity index (χ2v) is 5.41. The molecule has 1 rings (SSSR count). The van der Waals surface area contributed by atoms with Crippen LogP contribution in [0.3, 0.4) is 0 Å². The van der Waals surface area contributed by atoms with E-state index in [1.165, 1.54) is 26.7 Å². The maximum absolute atomic E-state index is 11.8. The van der Waals surface area contributed by atoms with E-state index in [0.717, 1.165) is 4.31 Å². The van der Waals surface area contributed by atoms with E-state index in [1.54, 1.807) is 0 Å². The van der Waals surface area contributed by atoms with Gasteiger partial charge in [-0.2, -0.15) is 17.4 Å². The number of rotatable bonds is 7. The van der Waals surface area contributed by atoms with Gasteiger partial charge in [0.2, 0.25) is 0 Å². The van der Waals surface area contributed by atoms with Gasteiger partial charge in [0.25, 0.3) is 10.2 Å². The number of nitrogens with one attached hydrogen (secondary N) is 2. The summed E-state index contributed by atoms with van der Waals surface area (Å²) in [6, 6.07) is 0. The highest BCUT2D eigenvalue weighted by atomic mass is 32.2. The molecule has 0 aromatic carbocycles. The lowest BCUT2D eigenvalue weighted by molar-refractivity contribution is -0.140. The number of aromatic nitrogens is 2. The Labute approximate surface area is 106 Å². The highest BCUT2D eigenvalue weighted by molar-refractivity contribution is 7.87. The third-order valence-corrected chi connectivity index (χ3v) is 3.78. The first kappa shape index (κ1) is 14.6. The van der Waals surface area contributed by atoms with E-state index in [0.29, 0.717) is 5.69 Å². The fourth-order valence-corrected chi connectivity index (χ4v) is 2.02. The molecule has 0 unspecified atom stereocenters. The zero-order valence-electron chi connectivity index (χ0n) is 10.2. The van der Waals surface area contributed by atoms with Crippen LogP contribution in [-0.2, 0) is 26.3 Å². The fraction of sp³-hybridized carbons (Fsp3) is 0.556. The van der Waals surface area contributed by atoms with Crippen LogP contribution in [0.4, 0.5) is 0 Å². The molecule has 0 aliphatic carbocycles. The van der Waals surface area contributed by atoms with Crippen LogP contribution in [0.2, 0.25) is 0 Å². The van der Waals surface area contributed by atoms with Gasteiger partial charge in [-0.15, -0.1) is 0 Å². The first-order valence-electron chi connectivity index (χ1n) is 5.20. The Kier molecular flexibility index (Phi) is 5.25. The minimum atomic E-state index is -3.61. The molecule has 0 radical (unpaired) electrons. The van der Waals surface area contributed by atoms with Crippen LogP contribution in [0.5, 0.6) is 0 Å². The van der Waals surface area contributed by atoms with Gasteiger partial charge in [0.1, 0.15) is 0 Å². The third-order valence-electron chi connectivity index (χ3n) is 2.27. The van der Waals surface area contributed by atoms with Crippen LogP contribution >= 0.6 is 0 Å². The molecule has 0 spiro atoms. The summed E-state index contributed by atoms with van der Waals surface area (Å²) in [5, 5.41) is 0. The number of aromatic amines is 1. The number of esters is 1. The van der Waals surface area contributed by atoms with Crippen molar-refractivity contribution < 1.29 is 17.9 Å². The first-order valence-corrected chi connectivity index (χ1v) is 6.64. The van der Waals surface area contributed by atoms with E-state index >= 15 is 0 Å². The van der Waals surface area contributed by atoms with Gasteiger partial charge < -0.3 is 9.72 Å². The average Bonchev–Trinajstić information content (AvgIpc) is 2.86. The Hall–Kier alpha value is -1.45. The highest BCUT2D eigenvalue weighted by Gasteiger charge is 2.18. The predicted octanol–water partition coefficient (Wildman–Crippen LogP) is -0.761. The number of ether oxygens (including phenoxy) is 1. The van der Waals surface area contributed by atoms with Crippen molar-refractivity contribution in [2.75, 3.05) is 20.7 Å². The van der Waals surface area contributed by atoms with Gasteiger partial charge in [-0.05, 0) is 0 Å². The van der Waals surface area contributed by atoms with Crippen molar-refractivity contribution in [2.45, 2.75) is 13.0 Å². The summed E-state index contributed by atoms with van der Waals surface area (Å²) < 4.78 is 31.4. The Balaban J connectivity index is 2.44. The highest BCUT2D eigenvalue weighted by Crippen LogP contribution is 1.99. The van der Waals surface area contributed by atoms with Crippen LogP contribution < -0.4 is 4.72 Å². The van der Waals surface area contributed by atoms with Crippen molar-refractivity contribution in [3.63, 3.8) is 0 Å². The van der Waals surface area contributed by atoms with E-state index in [2.05, 4.69) is 19.4 Å². The maximum Gasteiger partial charge on any atom is 0.306 e. The van der Waals surface area contributed by atoms with Gasteiger partial charge >= 0.3 is 5.97 Å². The van der Waals surface area contributed by atoms with E-state index in [1.807, 2.05) is 0 Å². The topological polar surface area (TPSA) is 104 Å². The lowest BCUT2D eigenvalue weighted by Gasteiger charge is -2.16. The molecule has 9 heteroatoms. The van der Waals surface area contributed by atoms with Crippen molar-refractivity contribution in [2.24, 2.45) is 0 Å². The summed E-state index contributed by atoms with van der Waals surface area (Å²) in [5.74, 6) is -0.453. The Morgan fingerprint density at radius 3 is 2.89 bits per heavy atom. The summed E-state index contributed by atoms with van der Waals surface area (Å²) in [6.07, 6.45) is 3.00. The molecule has 0 aliphatic rings. The maximum atomic E-state index is 11.8. The van der Waals surface area contributed by atoms with Crippen molar-refractivity contribution >= 4 is 16.2 Å². The van der Waals surface area contributed by atoms with E-state index in [9.17, 15) is 13.2 Å². The second-order valence-electron chi connectivity index (χ2n) is 3.55. The van der Waals surface area contributed by atoms with Gasteiger partial charge in [-0.25, -0.2) is 4.98 Å². The van der Waals surface area contributed by atoms with E-state index in [-0.39, 0.29) is 19.5 Å². The quantitative estimate of drug-likeness (QED) is 0.637. The number of hydrogen-bond donors (Lipinski definition) is 2. The molecule has 0 saturated heterocycles. The van der Waals surface area contributed by atoms with Crippen molar-refractivity contribution in [3.05, 3.63) is 18.2 Å². The Morgan fingerprint density at radius 1 is 1.61 bits per heavy atom. The molecule has 0 fully saturated rings. The van der Waals surface area contributed by atoms with Gasteiger partial charge in [0.05, 0.1) is 26.4 Å². The van der Waals surface area contributed by atoms with E-state index < -0.39 is 16.2 Å². The average molecular weight is 276 g/mol. The Bertz CT molecular complexity index is 471. The van der Waals surface area contributed by atoms with Crippen LogP contribution in [-0.4, -0.2) is 49.4 Å². The molecule has 2 N–H and O–H groups in total. The zero-order chi connectivity index (χ0) is 13.6. The number of H-pyrrole nitrogens is 1. The molecule has 102 valence electrons. The summed E-state index contributed by atoms with van der Waals surface area (Å²) in [4.78, 5) is 17.5. The second kappa shape index (κ2) is 6.47. The lowest BCUT2D eigenvalue weighted by Crippen LogP contribution is -2.39. The molecule has 8 nitrogen and oxygen atoms in total. The lowest BCUT2D eigenvalue weighted by atomic mass is 10.4. The first-order chi connectivity index (χ1) is 8.45. The summed E-state index contributed by atoms with van der Waals surface area (Å²) in [6.45, 7) is 0.176. The molecular formula is C9H16N4O4S. The van der Waals surface area contributed by atoms with Gasteiger partial charge in [-0.3, -0.25) is 4.79 Å². The molecule has 18 heavy (non-hydrogen) atoms. The normalized spacial score (nSPS) is 11.7. The molecule has 0 saturated carbocycles. The SMILES string of the molecule is COC(=O)CCN(C)S(=O)(=O)NCc1cnc[nH]1. The number of carbonyl (C=O) groups excluding carboxylic acids is 1. The van der Waals surface area contributed by atoms with Crippen molar-refractivity contribution in [1.82, 2.24) is 19.0 Å². The molecular weight excluding hydrogens is 260 g/mol. The number of imidazole rings is 1. The zero-order valence-corrected chi connectivity index (χ0v) is 11.0. The third kappa shape index (κ3) is 4.43. The molecule has 0 bridgehead atoms. The fourth-order valence-electron chi connectivity index (χ4n) is 1.13. The minimum Gasteiger partial charge on any atom is -0.469 e. The summed E-state index contributed by atoms with van der Waals surface area (Å²) >= 11 is 0. The Morgan fingerprint density at radius 2 is 2.33 bits per heavy atom. The van der Waals surface area contributed by atoms with Crippen molar-refractivity contribution in [3.8, 4) is 0 Å². The van der Waals surface area contributed by atoms with Crippen molar-refractivity contribution in [1.29, 1.82) is 0 Å². The monoisotopic (exact) mass is 276 g/mol. The molecule has 1 aromatic rings. The molecule has 1 aromatic heterocycles. The summed E-state index contributed by atoms with van der Waals surface area (Å²) in [7, 11) is -0.968. The van der Waals surface area contributed by atoms with Crippen LogP contribution in [0.15, 0.2) is 12.5 Å². The number of carbonyl (C=O) groups is 1. The van der Waals surface area contributed by atoms with Crippen LogP contribution in [0, 0.1) is 0 Å². The minimum absolute atomic E-state index is 0.0119. The smallest absolute Gasteiger partial charge is 0.306 e. The molecule has 0 amide bonds. The number of nitrogens with zero attached hydrogens (tertiary/aromatic N) is 2. The molecule has 0 atom stereocenters. The standard InChI is InChI=1S/C9H16N4O4S/c1-13(4-3-9(14)17-2)18(15,16)12-6-8-5-10-7-11-8/h5,7,12H,3-4,6H2,1-2H3,(H,10,11).